The minimum absolute atomic E-state index is 0.0108. The van der Waals surface area contributed by atoms with Crippen molar-refractivity contribution in [3.8, 4) is 5.75 Å². The Morgan fingerprint density at radius 3 is 3.06 bits per heavy atom. The molecule has 0 amide bonds. The average Bonchev–Trinajstić information content (AvgIpc) is 2.95. The lowest BCUT2D eigenvalue weighted by Gasteiger charge is -2.27. The van der Waals surface area contributed by atoms with E-state index >= 15 is 0 Å². The van der Waals surface area contributed by atoms with E-state index in [4.69, 9.17) is 9.47 Å². The van der Waals surface area contributed by atoms with E-state index in [0.29, 0.717) is 12.5 Å². The van der Waals surface area contributed by atoms with Crippen molar-refractivity contribution in [3.05, 3.63) is 27.3 Å². The third-order valence-corrected chi connectivity index (χ3v) is 5.10. The van der Waals surface area contributed by atoms with Gasteiger partial charge in [0.1, 0.15) is 5.75 Å². The summed E-state index contributed by atoms with van der Waals surface area (Å²) >= 11 is 2.30. The summed E-state index contributed by atoms with van der Waals surface area (Å²) in [5, 5.41) is 0. The molecule has 1 saturated carbocycles. The van der Waals surface area contributed by atoms with Crippen LogP contribution in [0.1, 0.15) is 18.9 Å². The van der Waals surface area contributed by atoms with Gasteiger partial charge in [0.05, 0.1) is 19.6 Å². The van der Waals surface area contributed by atoms with E-state index in [1.54, 1.807) is 0 Å². The zero-order valence-electron chi connectivity index (χ0n) is 10.4. The first-order valence-corrected chi connectivity index (χ1v) is 7.20. The standard InChI is InChI=1S/C14H15IO3/c1-8-12(13(16)17-2)14(8)5-6-18-11-4-3-9(15)7-10(11)14/h3-4,7-8,12H,5-6H2,1-2H3/t8?,12?,14-/m0/s1. The molecule has 1 heterocycles. The van der Waals surface area contributed by atoms with Crippen molar-refractivity contribution in [1.29, 1.82) is 0 Å². The maximum Gasteiger partial charge on any atom is 0.309 e. The molecule has 0 N–H and O–H groups in total. The van der Waals surface area contributed by atoms with Gasteiger partial charge in [0.25, 0.3) is 0 Å². The average molecular weight is 358 g/mol. The number of methoxy groups -OCH3 is 1. The quantitative estimate of drug-likeness (QED) is 0.572. The summed E-state index contributed by atoms with van der Waals surface area (Å²) in [6.07, 6.45) is 0.904. The molecule has 96 valence electrons. The molecule has 2 unspecified atom stereocenters. The van der Waals surface area contributed by atoms with E-state index < -0.39 is 0 Å². The van der Waals surface area contributed by atoms with Crippen molar-refractivity contribution in [2.75, 3.05) is 13.7 Å². The number of halogens is 1. The van der Waals surface area contributed by atoms with Crippen LogP contribution in [0.3, 0.4) is 0 Å². The molecule has 3 nitrogen and oxygen atoms in total. The monoisotopic (exact) mass is 358 g/mol. The second-order valence-electron chi connectivity index (χ2n) is 5.07. The molecule has 1 fully saturated rings. The van der Waals surface area contributed by atoms with Crippen molar-refractivity contribution in [2.24, 2.45) is 11.8 Å². The second-order valence-corrected chi connectivity index (χ2v) is 6.31. The van der Waals surface area contributed by atoms with E-state index in [2.05, 4.69) is 35.6 Å². The lowest BCUT2D eigenvalue weighted by atomic mass is 9.86. The molecular weight excluding hydrogens is 343 g/mol. The van der Waals surface area contributed by atoms with Gasteiger partial charge in [0, 0.05) is 14.5 Å². The highest BCUT2D eigenvalue weighted by atomic mass is 127. The summed E-state index contributed by atoms with van der Waals surface area (Å²) in [6.45, 7) is 2.82. The fourth-order valence-electron chi connectivity index (χ4n) is 3.42. The van der Waals surface area contributed by atoms with Crippen LogP contribution in [0.5, 0.6) is 5.75 Å². The molecule has 1 aliphatic carbocycles. The van der Waals surface area contributed by atoms with Crippen molar-refractivity contribution in [1.82, 2.24) is 0 Å². The Balaban J connectivity index is 2.07. The minimum atomic E-state index is -0.0887. The normalized spacial score (nSPS) is 32.6. The van der Waals surface area contributed by atoms with Gasteiger partial charge in [0.2, 0.25) is 0 Å². The Hall–Kier alpha value is -0.780. The van der Waals surface area contributed by atoms with Crippen LogP contribution >= 0.6 is 22.6 Å². The van der Waals surface area contributed by atoms with E-state index in [1.165, 1.54) is 16.2 Å². The van der Waals surface area contributed by atoms with Crippen LogP contribution in [0, 0.1) is 15.4 Å². The number of esters is 1. The molecule has 2 aliphatic rings. The van der Waals surface area contributed by atoms with Gasteiger partial charge in [-0.1, -0.05) is 6.92 Å². The molecule has 0 radical (unpaired) electrons. The van der Waals surface area contributed by atoms with Gasteiger partial charge < -0.3 is 9.47 Å². The predicted octanol–water partition coefficient (Wildman–Crippen LogP) is 2.75. The Kier molecular flexibility index (Phi) is 2.80. The SMILES string of the molecule is COC(=O)C1C(C)[C@]12CCOc1ccc(I)cc12. The fourth-order valence-corrected chi connectivity index (χ4v) is 3.91. The molecule has 1 aromatic rings. The predicted molar refractivity (Wildman–Crippen MR) is 75.6 cm³/mol. The zero-order valence-corrected chi connectivity index (χ0v) is 12.6. The molecular formula is C14H15IO3. The maximum atomic E-state index is 11.9. The molecule has 0 saturated heterocycles. The second kappa shape index (κ2) is 4.11. The molecule has 4 heteroatoms. The summed E-state index contributed by atoms with van der Waals surface area (Å²) in [4.78, 5) is 11.9. The van der Waals surface area contributed by atoms with Gasteiger partial charge >= 0.3 is 5.97 Å². The fraction of sp³-hybridized carbons (Fsp3) is 0.500. The number of fused-ring (bicyclic) bond motifs is 2. The van der Waals surface area contributed by atoms with Gasteiger partial charge in [-0.25, -0.2) is 0 Å². The van der Waals surface area contributed by atoms with E-state index in [1.807, 2.05) is 12.1 Å². The van der Waals surface area contributed by atoms with Crippen LogP contribution in [0.2, 0.25) is 0 Å². The maximum absolute atomic E-state index is 11.9. The van der Waals surface area contributed by atoms with Crippen LogP contribution in [0.25, 0.3) is 0 Å². The zero-order chi connectivity index (χ0) is 12.9. The Morgan fingerprint density at radius 1 is 1.56 bits per heavy atom. The Bertz CT molecular complexity index is 514. The summed E-state index contributed by atoms with van der Waals surface area (Å²) in [5.41, 5.74) is 1.13. The molecule has 18 heavy (non-hydrogen) atoms. The summed E-state index contributed by atoms with van der Waals surface area (Å²) in [6, 6.07) is 6.20. The smallest absolute Gasteiger partial charge is 0.309 e. The summed E-state index contributed by atoms with van der Waals surface area (Å²) in [5.74, 6) is 1.17. The number of benzene rings is 1. The van der Waals surface area contributed by atoms with Gasteiger partial charge in [0.15, 0.2) is 0 Å². The number of hydrogen-bond acceptors (Lipinski definition) is 3. The van der Waals surface area contributed by atoms with Crippen LogP contribution in [0.4, 0.5) is 0 Å². The van der Waals surface area contributed by atoms with Crippen molar-refractivity contribution in [2.45, 2.75) is 18.8 Å². The van der Waals surface area contributed by atoms with E-state index in [-0.39, 0.29) is 17.3 Å². The van der Waals surface area contributed by atoms with Crippen LogP contribution in [-0.4, -0.2) is 19.7 Å². The molecule has 0 bridgehead atoms. The first-order valence-electron chi connectivity index (χ1n) is 6.12. The van der Waals surface area contributed by atoms with Gasteiger partial charge in [-0.15, -0.1) is 0 Å². The number of rotatable bonds is 1. The molecule has 3 atom stereocenters. The number of carbonyl (C=O) groups is 1. The largest absolute Gasteiger partial charge is 0.493 e. The first-order chi connectivity index (χ1) is 8.61. The molecule has 1 aliphatic heterocycles. The highest BCUT2D eigenvalue weighted by Crippen LogP contribution is 2.65. The highest BCUT2D eigenvalue weighted by molar-refractivity contribution is 14.1. The minimum Gasteiger partial charge on any atom is -0.493 e. The molecule has 3 rings (SSSR count). The van der Waals surface area contributed by atoms with E-state index in [0.717, 1.165) is 12.2 Å². The van der Waals surface area contributed by atoms with Crippen molar-refractivity contribution >= 4 is 28.6 Å². The lowest BCUT2D eigenvalue weighted by molar-refractivity contribution is -0.143. The number of hydrogen-bond donors (Lipinski definition) is 0. The Labute approximate surface area is 120 Å². The third-order valence-electron chi connectivity index (χ3n) is 4.43. The van der Waals surface area contributed by atoms with Crippen LogP contribution < -0.4 is 4.74 Å². The summed E-state index contributed by atoms with van der Waals surface area (Å²) in [7, 11) is 1.47. The van der Waals surface area contributed by atoms with Gasteiger partial charge in [-0.2, -0.15) is 0 Å². The van der Waals surface area contributed by atoms with Crippen LogP contribution in [0.15, 0.2) is 18.2 Å². The van der Waals surface area contributed by atoms with Gasteiger partial charge in [-0.3, -0.25) is 4.79 Å². The summed E-state index contributed by atoms with van der Waals surface area (Å²) < 4.78 is 11.8. The Morgan fingerprint density at radius 2 is 2.33 bits per heavy atom. The van der Waals surface area contributed by atoms with Crippen molar-refractivity contribution in [3.63, 3.8) is 0 Å². The molecule has 0 aromatic heterocycles. The van der Waals surface area contributed by atoms with Gasteiger partial charge in [-0.05, 0) is 53.1 Å². The van der Waals surface area contributed by atoms with Crippen molar-refractivity contribution < 1.29 is 14.3 Å². The lowest BCUT2D eigenvalue weighted by Crippen LogP contribution is -2.25. The topological polar surface area (TPSA) is 35.5 Å². The first kappa shape index (κ1) is 12.3. The molecule has 1 spiro atoms. The third kappa shape index (κ3) is 1.51. The highest BCUT2D eigenvalue weighted by Gasteiger charge is 2.68. The number of ether oxygens (including phenoxy) is 2. The van der Waals surface area contributed by atoms with Crippen LogP contribution in [-0.2, 0) is 14.9 Å². The molecule has 1 aromatic carbocycles. The van der Waals surface area contributed by atoms with E-state index in [9.17, 15) is 4.79 Å². The number of carbonyl (C=O) groups excluding carboxylic acids is 1.